The van der Waals surface area contributed by atoms with Crippen molar-refractivity contribution < 1.29 is 9.53 Å². The summed E-state index contributed by atoms with van der Waals surface area (Å²) in [5.74, 6) is 1.44. The lowest BCUT2D eigenvalue weighted by Crippen LogP contribution is -2.03. The zero-order valence-corrected chi connectivity index (χ0v) is 15.4. The molecule has 0 spiro atoms. The van der Waals surface area contributed by atoms with Crippen LogP contribution >= 0.6 is 0 Å². The standard InChI is InChI=1S/C24H18N2O2/c1-17-7-9-19(10-8-17)24(27)20-15-23(26-25-16-20)18-11-13-22(14-12-18)28-21-5-3-2-4-6-21/h2-16H,1H3. The minimum atomic E-state index is -0.0693. The van der Waals surface area contributed by atoms with Gasteiger partial charge in [0.15, 0.2) is 5.78 Å². The lowest BCUT2D eigenvalue weighted by atomic mass is 10.0. The average Bonchev–Trinajstić information content (AvgIpc) is 2.75. The summed E-state index contributed by atoms with van der Waals surface area (Å²) in [5.41, 5.74) is 3.77. The smallest absolute Gasteiger partial charge is 0.194 e. The van der Waals surface area contributed by atoms with Crippen LogP contribution in [0.4, 0.5) is 0 Å². The summed E-state index contributed by atoms with van der Waals surface area (Å²) in [7, 11) is 0. The van der Waals surface area contributed by atoms with Crippen LogP contribution in [0.1, 0.15) is 21.5 Å². The van der Waals surface area contributed by atoms with E-state index in [2.05, 4.69) is 10.2 Å². The molecule has 4 heteroatoms. The molecule has 0 aliphatic carbocycles. The average molecular weight is 366 g/mol. The molecule has 4 rings (SSSR count). The van der Waals surface area contributed by atoms with Gasteiger partial charge in [-0.05, 0) is 49.4 Å². The number of ketones is 1. The highest BCUT2D eigenvalue weighted by atomic mass is 16.5. The van der Waals surface area contributed by atoms with Crippen LogP contribution in [-0.2, 0) is 0 Å². The largest absolute Gasteiger partial charge is 0.457 e. The number of ether oxygens (including phenoxy) is 1. The molecule has 0 atom stereocenters. The van der Waals surface area contributed by atoms with Gasteiger partial charge in [0.2, 0.25) is 0 Å². The van der Waals surface area contributed by atoms with E-state index in [9.17, 15) is 4.79 Å². The molecule has 1 heterocycles. The van der Waals surface area contributed by atoms with Crippen molar-refractivity contribution in [2.24, 2.45) is 0 Å². The van der Waals surface area contributed by atoms with Crippen molar-refractivity contribution in [3.63, 3.8) is 0 Å². The number of hydrogen-bond donors (Lipinski definition) is 0. The van der Waals surface area contributed by atoms with E-state index in [-0.39, 0.29) is 5.78 Å². The lowest BCUT2D eigenvalue weighted by Gasteiger charge is -2.07. The first-order valence-corrected chi connectivity index (χ1v) is 8.96. The molecule has 0 fully saturated rings. The molecule has 0 unspecified atom stereocenters. The van der Waals surface area contributed by atoms with Crippen molar-refractivity contribution in [1.82, 2.24) is 10.2 Å². The summed E-state index contributed by atoms with van der Waals surface area (Å²) in [6.07, 6.45) is 1.50. The molecule has 0 N–H and O–H groups in total. The molecule has 0 aliphatic rings. The second-order valence-electron chi connectivity index (χ2n) is 6.46. The molecular formula is C24H18N2O2. The first-order chi connectivity index (χ1) is 13.7. The van der Waals surface area contributed by atoms with Crippen LogP contribution in [0, 0.1) is 6.92 Å². The Morgan fingerprint density at radius 3 is 2.18 bits per heavy atom. The maximum atomic E-state index is 12.7. The van der Waals surface area contributed by atoms with Crippen LogP contribution in [0.5, 0.6) is 11.5 Å². The number of hydrogen-bond acceptors (Lipinski definition) is 4. The fourth-order valence-electron chi connectivity index (χ4n) is 2.82. The lowest BCUT2D eigenvalue weighted by molar-refractivity contribution is 0.103. The Labute approximate surface area is 163 Å². The van der Waals surface area contributed by atoms with Gasteiger partial charge in [-0.2, -0.15) is 10.2 Å². The fraction of sp³-hybridized carbons (Fsp3) is 0.0417. The van der Waals surface area contributed by atoms with E-state index in [0.29, 0.717) is 16.8 Å². The number of aryl methyl sites for hydroxylation is 1. The molecular weight excluding hydrogens is 348 g/mol. The third-order valence-electron chi connectivity index (χ3n) is 4.36. The Morgan fingerprint density at radius 2 is 1.46 bits per heavy atom. The third kappa shape index (κ3) is 3.96. The number of para-hydroxylation sites is 1. The number of aromatic nitrogens is 2. The van der Waals surface area contributed by atoms with Gasteiger partial charge < -0.3 is 4.74 Å². The van der Waals surface area contributed by atoms with Gasteiger partial charge in [0.25, 0.3) is 0 Å². The highest BCUT2D eigenvalue weighted by molar-refractivity contribution is 6.09. The van der Waals surface area contributed by atoms with Gasteiger partial charge in [0.1, 0.15) is 11.5 Å². The Hall–Kier alpha value is -3.79. The van der Waals surface area contributed by atoms with Crippen LogP contribution < -0.4 is 4.74 Å². The molecule has 4 nitrogen and oxygen atoms in total. The minimum Gasteiger partial charge on any atom is -0.457 e. The van der Waals surface area contributed by atoms with Gasteiger partial charge in [-0.3, -0.25) is 4.79 Å². The van der Waals surface area contributed by atoms with Gasteiger partial charge >= 0.3 is 0 Å². The van der Waals surface area contributed by atoms with E-state index in [1.54, 1.807) is 6.07 Å². The van der Waals surface area contributed by atoms with Gasteiger partial charge in [-0.15, -0.1) is 0 Å². The molecule has 136 valence electrons. The van der Waals surface area contributed by atoms with Crippen LogP contribution in [-0.4, -0.2) is 16.0 Å². The van der Waals surface area contributed by atoms with Crippen molar-refractivity contribution in [2.45, 2.75) is 6.92 Å². The highest BCUT2D eigenvalue weighted by Crippen LogP contribution is 2.25. The maximum Gasteiger partial charge on any atom is 0.194 e. The van der Waals surface area contributed by atoms with Gasteiger partial charge in [0, 0.05) is 16.7 Å². The maximum absolute atomic E-state index is 12.7. The number of benzene rings is 3. The Bertz CT molecular complexity index is 1090. The first-order valence-electron chi connectivity index (χ1n) is 8.96. The predicted octanol–water partition coefficient (Wildman–Crippen LogP) is 5.48. The van der Waals surface area contributed by atoms with Crippen molar-refractivity contribution in [2.75, 3.05) is 0 Å². The van der Waals surface area contributed by atoms with Gasteiger partial charge in [-0.1, -0.05) is 48.0 Å². The highest BCUT2D eigenvalue weighted by Gasteiger charge is 2.11. The summed E-state index contributed by atoms with van der Waals surface area (Å²) >= 11 is 0. The second kappa shape index (κ2) is 7.84. The van der Waals surface area contributed by atoms with E-state index in [1.165, 1.54) is 6.20 Å². The van der Waals surface area contributed by atoms with Gasteiger partial charge in [-0.25, -0.2) is 0 Å². The number of rotatable bonds is 5. The van der Waals surface area contributed by atoms with E-state index in [0.717, 1.165) is 22.6 Å². The normalized spacial score (nSPS) is 10.5. The van der Waals surface area contributed by atoms with E-state index < -0.39 is 0 Å². The SMILES string of the molecule is Cc1ccc(C(=O)c2cnnc(-c3ccc(Oc4ccccc4)cc3)c2)cc1. The fourth-order valence-corrected chi connectivity index (χ4v) is 2.82. The van der Waals surface area contributed by atoms with E-state index >= 15 is 0 Å². The first kappa shape index (κ1) is 17.6. The Kier molecular flexibility index (Phi) is 4.93. The molecule has 0 saturated heterocycles. The number of carbonyl (C=O) groups is 1. The van der Waals surface area contributed by atoms with Crippen molar-refractivity contribution in [1.29, 1.82) is 0 Å². The van der Waals surface area contributed by atoms with Crippen LogP contribution in [0.25, 0.3) is 11.3 Å². The summed E-state index contributed by atoms with van der Waals surface area (Å²) in [5, 5.41) is 8.18. The van der Waals surface area contributed by atoms with Crippen molar-refractivity contribution in [3.05, 3.63) is 108 Å². The van der Waals surface area contributed by atoms with Crippen LogP contribution in [0.2, 0.25) is 0 Å². The van der Waals surface area contributed by atoms with Crippen LogP contribution in [0.15, 0.2) is 91.1 Å². The number of nitrogens with zero attached hydrogens (tertiary/aromatic N) is 2. The van der Waals surface area contributed by atoms with Crippen LogP contribution in [0.3, 0.4) is 0 Å². The number of carbonyl (C=O) groups excluding carboxylic acids is 1. The molecule has 0 amide bonds. The van der Waals surface area contributed by atoms with Crippen molar-refractivity contribution in [3.8, 4) is 22.8 Å². The predicted molar refractivity (Wildman–Crippen MR) is 109 cm³/mol. The molecule has 28 heavy (non-hydrogen) atoms. The molecule has 3 aromatic carbocycles. The topological polar surface area (TPSA) is 52.1 Å². The molecule has 0 bridgehead atoms. The molecule has 0 saturated carbocycles. The summed E-state index contributed by atoms with van der Waals surface area (Å²) in [6.45, 7) is 1.99. The summed E-state index contributed by atoms with van der Waals surface area (Å²) < 4.78 is 5.81. The summed E-state index contributed by atoms with van der Waals surface area (Å²) in [4.78, 5) is 12.7. The Balaban J connectivity index is 1.55. The van der Waals surface area contributed by atoms with E-state index in [4.69, 9.17) is 4.74 Å². The zero-order valence-electron chi connectivity index (χ0n) is 15.4. The molecule has 1 aromatic heterocycles. The third-order valence-corrected chi connectivity index (χ3v) is 4.36. The van der Waals surface area contributed by atoms with E-state index in [1.807, 2.05) is 85.8 Å². The quantitative estimate of drug-likeness (QED) is 0.439. The zero-order chi connectivity index (χ0) is 19.3. The van der Waals surface area contributed by atoms with Gasteiger partial charge in [0.05, 0.1) is 11.9 Å². The molecule has 0 aliphatic heterocycles. The molecule has 4 aromatic rings. The summed E-state index contributed by atoms with van der Waals surface area (Å²) in [6, 6.07) is 26.4. The van der Waals surface area contributed by atoms with Crippen molar-refractivity contribution >= 4 is 5.78 Å². The minimum absolute atomic E-state index is 0.0693. The molecule has 0 radical (unpaired) electrons. The Morgan fingerprint density at radius 1 is 0.786 bits per heavy atom. The second-order valence-corrected chi connectivity index (χ2v) is 6.46. The monoisotopic (exact) mass is 366 g/mol.